The largest absolute Gasteiger partial charge is 0.481 e. The van der Waals surface area contributed by atoms with E-state index in [4.69, 9.17) is 0 Å². The molecule has 0 fully saturated rings. The molecule has 8 heteroatoms. The highest BCUT2D eigenvalue weighted by atomic mass is 32.1. The Morgan fingerprint density at radius 1 is 0.675 bits per heavy atom. The highest BCUT2D eigenvalue weighted by molar-refractivity contribution is 7.09. The maximum Gasteiger partial charge on any atom is 0.305 e. The molecule has 0 saturated carbocycles. The molecule has 0 aliphatic carbocycles. The van der Waals surface area contributed by atoms with Crippen molar-refractivity contribution >= 4 is 29.1 Å². The molecule has 4 aromatic rings. The molecule has 206 valence electrons. The first-order valence-corrected chi connectivity index (χ1v) is 14.0. The lowest BCUT2D eigenvalue weighted by Crippen LogP contribution is -2.35. The second-order valence-corrected chi connectivity index (χ2v) is 10.3. The van der Waals surface area contributed by atoms with Crippen molar-refractivity contribution in [3.8, 4) is 11.1 Å². The number of benzene rings is 3. The highest BCUT2D eigenvalue weighted by Crippen LogP contribution is 2.30. The van der Waals surface area contributed by atoms with E-state index in [9.17, 15) is 24.6 Å². The Hall–Kier alpha value is -4.27. The molecule has 4 rings (SSSR count). The van der Waals surface area contributed by atoms with Crippen LogP contribution in [0, 0.1) is 0 Å². The molecule has 0 aliphatic heterocycles. The molecule has 1 heterocycles. The molecule has 0 atom stereocenters. The third-order valence-corrected chi connectivity index (χ3v) is 7.51. The van der Waals surface area contributed by atoms with E-state index in [1.807, 2.05) is 72.1 Å². The van der Waals surface area contributed by atoms with Gasteiger partial charge in [0.05, 0.1) is 13.0 Å². The minimum absolute atomic E-state index is 0.0792. The van der Waals surface area contributed by atoms with E-state index in [0.717, 1.165) is 10.4 Å². The number of carboxylic acids is 1. The Morgan fingerprint density at radius 3 is 1.85 bits per heavy atom. The lowest BCUT2D eigenvalue weighted by Gasteiger charge is -2.25. The number of carbonyl (C=O) groups excluding carboxylic acids is 2. The highest BCUT2D eigenvalue weighted by Gasteiger charge is 2.24. The fraction of sp³-hybridized carbons (Fsp3) is 0.219. The number of hydrogen-bond acceptors (Lipinski definition) is 5. The maximum atomic E-state index is 13.9. The van der Waals surface area contributed by atoms with Crippen molar-refractivity contribution in [3.05, 3.63) is 118 Å². The molecule has 1 aromatic heterocycles. The van der Waals surface area contributed by atoms with E-state index in [0.29, 0.717) is 41.8 Å². The average molecular weight is 557 g/mol. The van der Waals surface area contributed by atoms with Crippen LogP contribution in [0.4, 0.5) is 0 Å². The first-order chi connectivity index (χ1) is 19.5. The molecule has 0 spiro atoms. The second kappa shape index (κ2) is 14.2. The number of thiophene rings is 1. The molecular formula is C32H32N2O5S. The van der Waals surface area contributed by atoms with Gasteiger partial charge in [0.1, 0.15) is 0 Å². The monoisotopic (exact) mass is 556 g/mol. The molecule has 0 radical (unpaired) electrons. The molecule has 0 saturated heterocycles. The van der Waals surface area contributed by atoms with Gasteiger partial charge in [-0.25, -0.2) is 0 Å². The van der Waals surface area contributed by atoms with Crippen LogP contribution in [0.15, 0.2) is 96.4 Å². The Morgan fingerprint density at radius 2 is 1.27 bits per heavy atom. The van der Waals surface area contributed by atoms with E-state index in [-0.39, 0.29) is 37.9 Å². The van der Waals surface area contributed by atoms with Crippen LogP contribution in [-0.2, 0) is 17.8 Å². The summed E-state index contributed by atoms with van der Waals surface area (Å²) in [4.78, 5) is 43.3. The molecule has 7 nitrogen and oxygen atoms in total. The van der Waals surface area contributed by atoms with Crippen molar-refractivity contribution in [2.24, 2.45) is 0 Å². The summed E-state index contributed by atoms with van der Waals surface area (Å²) in [6, 6.07) is 27.8. The summed E-state index contributed by atoms with van der Waals surface area (Å²) in [5.74, 6) is -1.51. The SMILES string of the molecule is O=C(O)CCN(CCc1cccs1)C(=O)c1ccccc1-c1ccccc1C(=O)N(CCO)Cc1ccccc1. The smallest absolute Gasteiger partial charge is 0.305 e. The summed E-state index contributed by atoms with van der Waals surface area (Å²) in [6.45, 7) is 0.770. The van der Waals surface area contributed by atoms with Gasteiger partial charge in [0, 0.05) is 42.2 Å². The minimum Gasteiger partial charge on any atom is -0.481 e. The van der Waals surface area contributed by atoms with Crippen LogP contribution >= 0.6 is 11.3 Å². The summed E-state index contributed by atoms with van der Waals surface area (Å²) >= 11 is 1.59. The number of carbonyl (C=O) groups is 3. The van der Waals surface area contributed by atoms with Crippen molar-refractivity contribution in [2.45, 2.75) is 19.4 Å². The minimum atomic E-state index is -0.972. The molecule has 40 heavy (non-hydrogen) atoms. The fourth-order valence-electron chi connectivity index (χ4n) is 4.57. The van der Waals surface area contributed by atoms with Crippen molar-refractivity contribution in [3.63, 3.8) is 0 Å². The van der Waals surface area contributed by atoms with Gasteiger partial charge in [-0.2, -0.15) is 0 Å². The van der Waals surface area contributed by atoms with Crippen LogP contribution in [0.5, 0.6) is 0 Å². The molecule has 2 N–H and O–H groups in total. The Balaban J connectivity index is 1.67. The lowest BCUT2D eigenvalue weighted by atomic mass is 9.94. The van der Waals surface area contributed by atoms with Gasteiger partial charge in [-0.15, -0.1) is 11.3 Å². The molecule has 0 unspecified atom stereocenters. The Labute approximate surface area is 237 Å². The van der Waals surface area contributed by atoms with Crippen LogP contribution in [-0.4, -0.2) is 64.0 Å². The lowest BCUT2D eigenvalue weighted by molar-refractivity contribution is -0.137. The normalized spacial score (nSPS) is 10.7. The van der Waals surface area contributed by atoms with Crippen LogP contribution in [0.2, 0.25) is 0 Å². The summed E-state index contributed by atoms with van der Waals surface area (Å²) < 4.78 is 0. The number of aliphatic hydroxyl groups excluding tert-OH is 1. The zero-order chi connectivity index (χ0) is 28.3. The first-order valence-electron chi connectivity index (χ1n) is 13.1. The summed E-state index contributed by atoms with van der Waals surface area (Å²) in [5.41, 5.74) is 2.96. The van der Waals surface area contributed by atoms with E-state index in [1.165, 1.54) is 0 Å². The van der Waals surface area contributed by atoms with Gasteiger partial charge < -0.3 is 20.0 Å². The van der Waals surface area contributed by atoms with Crippen LogP contribution in [0.25, 0.3) is 11.1 Å². The second-order valence-electron chi connectivity index (χ2n) is 9.29. The summed E-state index contributed by atoms with van der Waals surface area (Å²) in [6.07, 6.45) is 0.457. The molecule has 2 amide bonds. The van der Waals surface area contributed by atoms with Crippen molar-refractivity contribution in [2.75, 3.05) is 26.2 Å². The number of hydrogen-bond donors (Lipinski definition) is 2. The van der Waals surface area contributed by atoms with Crippen molar-refractivity contribution in [1.29, 1.82) is 0 Å². The quantitative estimate of drug-likeness (QED) is 0.236. The molecular weight excluding hydrogens is 524 g/mol. The van der Waals surface area contributed by atoms with Crippen LogP contribution in [0.1, 0.15) is 37.6 Å². The van der Waals surface area contributed by atoms with Crippen molar-refractivity contribution < 1.29 is 24.6 Å². The van der Waals surface area contributed by atoms with Gasteiger partial charge in [-0.1, -0.05) is 72.8 Å². The van der Waals surface area contributed by atoms with E-state index in [1.54, 1.807) is 45.4 Å². The number of nitrogens with zero attached hydrogens (tertiary/aromatic N) is 2. The van der Waals surface area contributed by atoms with Gasteiger partial charge in [-0.05, 0) is 46.7 Å². The third kappa shape index (κ3) is 7.43. The third-order valence-electron chi connectivity index (χ3n) is 6.57. The predicted octanol–water partition coefficient (Wildman–Crippen LogP) is 5.21. The van der Waals surface area contributed by atoms with E-state index >= 15 is 0 Å². The van der Waals surface area contributed by atoms with E-state index in [2.05, 4.69) is 0 Å². The molecule has 0 bridgehead atoms. The van der Waals surface area contributed by atoms with Gasteiger partial charge in [0.15, 0.2) is 0 Å². The average Bonchev–Trinajstić information content (AvgIpc) is 3.50. The number of aliphatic hydroxyl groups is 1. The summed E-state index contributed by atoms with van der Waals surface area (Å²) in [5, 5.41) is 21.0. The van der Waals surface area contributed by atoms with Crippen molar-refractivity contribution in [1.82, 2.24) is 9.80 Å². The Bertz CT molecular complexity index is 1420. The summed E-state index contributed by atoms with van der Waals surface area (Å²) in [7, 11) is 0. The number of aliphatic carboxylic acids is 1. The molecule has 0 aliphatic rings. The zero-order valence-corrected chi connectivity index (χ0v) is 22.9. The van der Waals surface area contributed by atoms with Gasteiger partial charge in [0.25, 0.3) is 11.8 Å². The van der Waals surface area contributed by atoms with Gasteiger partial charge >= 0.3 is 5.97 Å². The number of rotatable bonds is 13. The first kappa shape index (κ1) is 28.7. The van der Waals surface area contributed by atoms with Gasteiger partial charge in [0.2, 0.25) is 0 Å². The topological polar surface area (TPSA) is 98.2 Å². The number of carboxylic acid groups (broad SMARTS) is 1. The molecule has 3 aromatic carbocycles. The standard InChI is InChI=1S/C32H32N2O5S/c35-21-20-34(23-24-9-2-1-3-10-24)32(39)29-15-7-5-13-27(29)26-12-4-6-14-28(26)31(38)33(19-17-30(36)37)18-16-25-11-8-22-40-25/h1-15,22,35H,16-21,23H2,(H,36,37). The van der Waals surface area contributed by atoms with E-state index < -0.39 is 5.97 Å². The predicted molar refractivity (Wildman–Crippen MR) is 156 cm³/mol. The zero-order valence-electron chi connectivity index (χ0n) is 22.1. The fourth-order valence-corrected chi connectivity index (χ4v) is 5.27. The number of amides is 2. The Kier molecular flexibility index (Phi) is 10.2. The maximum absolute atomic E-state index is 13.9. The van der Waals surface area contributed by atoms with Gasteiger partial charge in [-0.3, -0.25) is 14.4 Å². The van der Waals surface area contributed by atoms with Crippen LogP contribution in [0.3, 0.4) is 0 Å². The van der Waals surface area contributed by atoms with Crippen LogP contribution < -0.4 is 0 Å².